The van der Waals surface area contributed by atoms with Crippen molar-refractivity contribution in [3.63, 3.8) is 0 Å². The topological polar surface area (TPSA) is 54.9 Å². The summed E-state index contributed by atoms with van der Waals surface area (Å²) in [5.74, 6) is -0.318. The van der Waals surface area contributed by atoms with Crippen molar-refractivity contribution in [1.29, 1.82) is 0 Å². The van der Waals surface area contributed by atoms with Gasteiger partial charge in [0.05, 0.1) is 11.3 Å². The van der Waals surface area contributed by atoms with E-state index in [1.807, 2.05) is 0 Å². The smallest absolute Gasteiger partial charge is 0.269 e. The van der Waals surface area contributed by atoms with E-state index >= 15 is 0 Å². The van der Waals surface area contributed by atoms with Gasteiger partial charge in [-0.1, -0.05) is 17.7 Å². The van der Waals surface area contributed by atoms with Crippen molar-refractivity contribution in [1.82, 2.24) is 9.55 Å². The Bertz CT molecular complexity index is 733. The summed E-state index contributed by atoms with van der Waals surface area (Å²) >= 11 is 10.9. The predicted octanol–water partition coefficient (Wildman–Crippen LogP) is 2.75. The number of nitrogens with one attached hydrogen (secondary N) is 1. The average Bonchev–Trinajstić information content (AvgIpc) is 2.28. The molecule has 0 fully saturated rings. The maximum Gasteiger partial charge on any atom is 0.269 e. The Balaban J connectivity index is 2.79. The van der Waals surface area contributed by atoms with Gasteiger partial charge in [-0.3, -0.25) is 14.2 Å². The zero-order valence-corrected chi connectivity index (χ0v) is 11.0. The van der Waals surface area contributed by atoms with Crippen molar-refractivity contribution in [2.45, 2.75) is 6.92 Å². The summed E-state index contributed by atoms with van der Waals surface area (Å²) in [5.41, 5.74) is 0.133. The number of aromatic nitrogens is 2. The van der Waals surface area contributed by atoms with Crippen LogP contribution in [0.25, 0.3) is 5.69 Å². The Morgan fingerprint density at radius 1 is 1.44 bits per heavy atom. The Morgan fingerprint density at radius 3 is 2.78 bits per heavy atom. The molecule has 0 bridgehead atoms. The van der Waals surface area contributed by atoms with Crippen molar-refractivity contribution in [2.24, 2.45) is 0 Å². The van der Waals surface area contributed by atoms with Crippen LogP contribution in [0.4, 0.5) is 0 Å². The third-order valence-corrected chi connectivity index (χ3v) is 2.96. The molecule has 4 nitrogen and oxygen atoms in total. The molecule has 6 heteroatoms. The van der Waals surface area contributed by atoms with Crippen LogP contribution in [0.3, 0.4) is 0 Å². The van der Waals surface area contributed by atoms with Crippen LogP contribution in [0.1, 0.15) is 17.3 Å². The fourth-order valence-corrected chi connectivity index (χ4v) is 2.01. The molecule has 1 aromatic heterocycles. The van der Waals surface area contributed by atoms with E-state index in [4.69, 9.17) is 23.8 Å². The van der Waals surface area contributed by atoms with Gasteiger partial charge in [0.15, 0.2) is 10.6 Å². The molecule has 0 spiro atoms. The van der Waals surface area contributed by atoms with E-state index in [2.05, 4.69) is 4.98 Å². The number of hydrogen-bond acceptors (Lipinski definition) is 3. The number of ketones is 1. The highest BCUT2D eigenvalue weighted by molar-refractivity contribution is 7.71. The number of H-pyrrole nitrogens is 1. The minimum atomic E-state index is -0.450. The Labute approximate surface area is 113 Å². The zero-order chi connectivity index (χ0) is 13.3. The van der Waals surface area contributed by atoms with E-state index in [9.17, 15) is 9.59 Å². The van der Waals surface area contributed by atoms with Crippen LogP contribution in [0.5, 0.6) is 0 Å². The highest BCUT2D eigenvalue weighted by Crippen LogP contribution is 2.13. The van der Waals surface area contributed by atoms with Crippen molar-refractivity contribution in [3.05, 3.63) is 56.2 Å². The molecule has 0 aliphatic rings. The van der Waals surface area contributed by atoms with E-state index in [1.54, 1.807) is 24.3 Å². The van der Waals surface area contributed by atoms with Crippen molar-refractivity contribution in [2.75, 3.05) is 0 Å². The number of aromatic amines is 1. The van der Waals surface area contributed by atoms with E-state index in [1.165, 1.54) is 17.7 Å². The summed E-state index contributed by atoms with van der Waals surface area (Å²) in [6, 6.07) is 6.70. The van der Waals surface area contributed by atoms with Gasteiger partial charge < -0.3 is 4.98 Å². The number of halogens is 1. The first-order valence-corrected chi connectivity index (χ1v) is 5.91. The molecule has 1 aromatic carbocycles. The van der Waals surface area contributed by atoms with Gasteiger partial charge in [0.25, 0.3) is 5.56 Å². The van der Waals surface area contributed by atoms with Crippen molar-refractivity contribution >= 4 is 29.6 Å². The second-order valence-corrected chi connectivity index (χ2v) is 4.51. The first-order chi connectivity index (χ1) is 8.50. The van der Waals surface area contributed by atoms with Gasteiger partial charge in [0.2, 0.25) is 0 Å². The summed E-state index contributed by atoms with van der Waals surface area (Å²) < 4.78 is 1.46. The lowest BCUT2D eigenvalue weighted by atomic mass is 10.2. The fraction of sp³-hybridized carbons (Fsp3) is 0.0833. The van der Waals surface area contributed by atoms with Crippen molar-refractivity contribution < 1.29 is 4.79 Å². The maximum absolute atomic E-state index is 12.2. The first-order valence-electron chi connectivity index (χ1n) is 5.12. The van der Waals surface area contributed by atoms with Gasteiger partial charge in [-0.25, -0.2) is 0 Å². The minimum absolute atomic E-state index is 0.0589. The van der Waals surface area contributed by atoms with E-state index < -0.39 is 5.56 Å². The number of carbonyl (C=O) groups excluding carboxylic acids is 1. The minimum Gasteiger partial charge on any atom is -0.338 e. The second-order valence-electron chi connectivity index (χ2n) is 3.68. The van der Waals surface area contributed by atoms with E-state index in [-0.39, 0.29) is 16.1 Å². The van der Waals surface area contributed by atoms with E-state index in [0.29, 0.717) is 10.7 Å². The maximum atomic E-state index is 12.2. The number of nitrogens with zero attached hydrogens (tertiary/aromatic N) is 1. The van der Waals surface area contributed by atoms with Gasteiger partial charge in [-0.15, -0.1) is 0 Å². The molecule has 0 saturated carbocycles. The molecular weight excluding hydrogens is 272 g/mol. The van der Waals surface area contributed by atoms with Crippen LogP contribution in [0, 0.1) is 4.77 Å². The number of Topliss-reactive ketones (excluding diaryl/α,β-unsaturated/α-hetero) is 1. The monoisotopic (exact) mass is 280 g/mol. The lowest BCUT2D eigenvalue weighted by Gasteiger charge is -2.07. The second kappa shape index (κ2) is 4.88. The third kappa shape index (κ3) is 2.27. The van der Waals surface area contributed by atoms with Crippen LogP contribution in [0.15, 0.2) is 35.3 Å². The molecule has 18 heavy (non-hydrogen) atoms. The lowest BCUT2D eigenvalue weighted by molar-refractivity contribution is 0.101. The fourth-order valence-electron chi connectivity index (χ4n) is 1.57. The summed E-state index contributed by atoms with van der Waals surface area (Å²) in [5, 5.41) is 0.488. The molecule has 0 aliphatic carbocycles. The average molecular weight is 281 g/mol. The Hall–Kier alpha value is -1.72. The van der Waals surface area contributed by atoms with Crippen molar-refractivity contribution in [3.8, 4) is 5.69 Å². The zero-order valence-electron chi connectivity index (χ0n) is 9.44. The number of hydrogen-bond donors (Lipinski definition) is 1. The molecule has 0 aliphatic heterocycles. The van der Waals surface area contributed by atoms with Crippen LogP contribution in [-0.4, -0.2) is 15.3 Å². The number of rotatable bonds is 2. The largest absolute Gasteiger partial charge is 0.338 e. The predicted molar refractivity (Wildman–Crippen MR) is 72.2 cm³/mol. The molecule has 0 unspecified atom stereocenters. The van der Waals surface area contributed by atoms with E-state index in [0.717, 1.165) is 0 Å². The summed E-state index contributed by atoms with van der Waals surface area (Å²) in [4.78, 5) is 26.2. The normalized spacial score (nSPS) is 10.3. The molecular formula is C12H9ClN2O2S. The standard InChI is InChI=1S/C12H9ClN2O2S/c1-7(16)10-6-14-12(18)15(11(10)17)9-4-2-3-8(13)5-9/h2-6H,1H3,(H,14,18). The van der Waals surface area contributed by atoms with Gasteiger partial charge in [0, 0.05) is 11.2 Å². The van der Waals surface area contributed by atoms with Crippen LogP contribution in [-0.2, 0) is 0 Å². The van der Waals surface area contributed by atoms with Crippen LogP contribution < -0.4 is 5.56 Å². The highest BCUT2D eigenvalue weighted by atomic mass is 35.5. The van der Waals surface area contributed by atoms with Gasteiger partial charge in [-0.05, 0) is 37.3 Å². The van der Waals surface area contributed by atoms with Gasteiger partial charge >= 0.3 is 0 Å². The molecule has 0 atom stereocenters. The molecule has 1 N–H and O–H groups in total. The summed E-state index contributed by atoms with van der Waals surface area (Å²) in [6.45, 7) is 1.33. The first kappa shape index (κ1) is 12.7. The van der Waals surface area contributed by atoms with Crippen LogP contribution in [0.2, 0.25) is 5.02 Å². The van der Waals surface area contributed by atoms with Crippen LogP contribution >= 0.6 is 23.8 Å². The van der Waals surface area contributed by atoms with Gasteiger partial charge in [-0.2, -0.15) is 0 Å². The molecule has 92 valence electrons. The van der Waals surface area contributed by atoms with Gasteiger partial charge in [0.1, 0.15) is 0 Å². The number of benzene rings is 1. The Kier molecular flexibility index (Phi) is 3.45. The molecule has 0 amide bonds. The lowest BCUT2D eigenvalue weighted by Crippen LogP contribution is -2.25. The summed E-state index contributed by atoms with van der Waals surface area (Å²) in [7, 11) is 0. The SMILES string of the molecule is CC(=O)c1c[nH]c(=S)n(-c2cccc(Cl)c2)c1=O. The molecule has 0 radical (unpaired) electrons. The third-order valence-electron chi connectivity index (χ3n) is 2.42. The molecule has 1 heterocycles. The molecule has 2 rings (SSSR count). The molecule has 2 aromatic rings. The highest BCUT2D eigenvalue weighted by Gasteiger charge is 2.10. The summed E-state index contributed by atoms with van der Waals surface area (Å²) in [6.07, 6.45) is 1.33. The molecule has 0 saturated heterocycles. The Morgan fingerprint density at radius 2 is 2.17 bits per heavy atom. The number of carbonyl (C=O) groups is 1. The quantitative estimate of drug-likeness (QED) is 0.680.